The lowest BCUT2D eigenvalue weighted by Crippen LogP contribution is -2.69. The van der Waals surface area contributed by atoms with E-state index in [-0.39, 0.29) is 48.9 Å². The molecule has 1 saturated heterocycles. The average molecular weight is 399 g/mol. The third kappa shape index (κ3) is 4.09. The van der Waals surface area contributed by atoms with Gasteiger partial charge in [-0.3, -0.25) is 9.59 Å². The largest absolute Gasteiger partial charge is 0.394 e. The zero-order valence-corrected chi connectivity index (χ0v) is 17.0. The molecule has 0 radical (unpaired) electrons. The smallest absolute Gasteiger partial charge is 0.246 e. The second-order valence-electron chi connectivity index (χ2n) is 8.34. The Kier molecular flexibility index (Phi) is 6.01. The summed E-state index contributed by atoms with van der Waals surface area (Å²) in [7, 11) is 1.48. The normalized spacial score (nSPS) is 26.1. The highest BCUT2D eigenvalue weighted by atomic mass is 16.5. The molecule has 3 atom stereocenters. The van der Waals surface area contributed by atoms with Crippen molar-refractivity contribution in [3.05, 3.63) is 41.5 Å². The highest BCUT2D eigenvalue weighted by molar-refractivity contribution is 5.83. The van der Waals surface area contributed by atoms with E-state index in [0.29, 0.717) is 6.54 Å². The number of aliphatic hydroxyl groups is 1. The summed E-state index contributed by atoms with van der Waals surface area (Å²) in [5.41, 5.74) is 3.76. The van der Waals surface area contributed by atoms with Gasteiger partial charge in [0.2, 0.25) is 11.8 Å². The van der Waals surface area contributed by atoms with Crippen molar-refractivity contribution in [1.82, 2.24) is 10.2 Å². The maximum atomic E-state index is 12.8. The van der Waals surface area contributed by atoms with Crippen molar-refractivity contribution in [3.8, 4) is 0 Å². The Labute approximate surface area is 171 Å². The molecular weight excluding hydrogens is 368 g/mol. The molecule has 29 heavy (non-hydrogen) atoms. The van der Waals surface area contributed by atoms with Crippen LogP contribution < -0.4 is 5.32 Å². The first-order valence-corrected chi connectivity index (χ1v) is 10.6. The molecule has 6 heteroatoms. The van der Waals surface area contributed by atoms with Crippen LogP contribution in [0.25, 0.3) is 5.57 Å². The number of nitrogens with one attached hydrogen (secondary N) is 1. The molecule has 0 bridgehead atoms. The van der Waals surface area contributed by atoms with E-state index >= 15 is 0 Å². The molecule has 3 aliphatic rings. The standard InChI is InChI=1S/C23H30N2O4/c1-29-14-21(27)24-12-19-22(20(13-26)25(19)23(28)18-10-11-18)17-8-6-16(7-9-17)15-4-2-3-5-15/h4,6-9,18-20,22,26H,2-3,5,10-14H2,1H3,(H,24,27)/t19-,20+,22-/m1/s1. The molecule has 0 spiro atoms. The Hall–Kier alpha value is -2.18. The quantitative estimate of drug-likeness (QED) is 0.703. The van der Waals surface area contributed by atoms with Gasteiger partial charge in [0.1, 0.15) is 6.61 Å². The van der Waals surface area contributed by atoms with Gasteiger partial charge in [0.05, 0.1) is 18.7 Å². The van der Waals surface area contributed by atoms with Crippen LogP contribution in [0.5, 0.6) is 0 Å². The molecule has 0 aromatic heterocycles. The Balaban J connectivity index is 1.53. The SMILES string of the molecule is COCC(=O)NC[C@@H]1[C@@H](c2ccc(C3=CCCC3)cc2)[C@H](CO)N1C(=O)C1CC1. The highest BCUT2D eigenvalue weighted by Gasteiger charge is 2.53. The Morgan fingerprint density at radius 2 is 1.97 bits per heavy atom. The van der Waals surface area contributed by atoms with Crippen LogP contribution in [0.2, 0.25) is 0 Å². The van der Waals surface area contributed by atoms with Gasteiger partial charge in [0.25, 0.3) is 0 Å². The van der Waals surface area contributed by atoms with Crippen molar-refractivity contribution in [2.24, 2.45) is 5.92 Å². The fourth-order valence-electron chi connectivity index (χ4n) is 4.74. The minimum Gasteiger partial charge on any atom is -0.394 e. The van der Waals surface area contributed by atoms with Gasteiger partial charge in [-0.2, -0.15) is 0 Å². The molecule has 0 unspecified atom stereocenters. The first-order valence-electron chi connectivity index (χ1n) is 10.6. The third-order valence-corrected chi connectivity index (χ3v) is 6.40. The third-order valence-electron chi connectivity index (χ3n) is 6.40. The monoisotopic (exact) mass is 398 g/mol. The van der Waals surface area contributed by atoms with Crippen molar-refractivity contribution in [2.75, 3.05) is 26.9 Å². The predicted molar refractivity (Wildman–Crippen MR) is 110 cm³/mol. The van der Waals surface area contributed by atoms with Gasteiger partial charge < -0.3 is 20.1 Å². The zero-order chi connectivity index (χ0) is 20.4. The van der Waals surface area contributed by atoms with Crippen molar-refractivity contribution >= 4 is 17.4 Å². The van der Waals surface area contributed by atoms with E-state index in [1.807, 2.05) is 4.90 Å². The summed E-state index contributed by atoms with van der Waals surface area (Å²) >= 11 is 0. The number of likely N-dealkylation sites (tertiary alicyclic amines) is 1. The molecule has 2 fully saturated rings. The van der Waals surface area contributed by atoms with Crippen molar-refractivity contribution in [2.45, 2.75) is 50.1 Å². The van der Waals surface area contributed by atoms with Crippen molar-refractivity contribution < 1.29 is 19.4 Å². The number of allylic oxidation sites excluding steroid dienone is 2. The average Bonchev–Trinajstić information content (AvgIpc) is 3.42. The Morgan fingerprint density at radius 1 is 1.21 bits per heavy atom. The first-order chi connectivity index (χ1) is 14.1. The number of aliphatic hydroxyl groups excluding tert-OH is 1. The number of rotatable bonds is 8. The number of methoxy groups -OCH3 is 1. The number of hydrogen-bond donors (Lipinski definition) is 2. The molecule has 1 heterocycles. The lowest BCUT2D eigenvalue weighted by molar-refractivity contribution is -0.152. The molecular formula is C23H30N2O4. The maximum Gasteiger partial charge on any atom is 0.246 e. The van der Waals surface area contributed by atoms with Crippen LogP contribution >= 0.6 is 0 Å². The number of ether oxygens (including phenoxy) is 1. The summed E-state index contributed by atoms with van der Waals surface area (Å²) in [6.07, 6.45) is 7.63. The van der Waals surface area contributed by atoms with Gasteiger partial charge >= 0.3 is 0 Å². The number of hydrogen-bond acceptors (Lipinski definition) is 4. The zero-order valence-electron chi connectivity index (χ0n) is 17.0. The Bertz CT molecular complexity index is 785. The first kappa shape index (κ1) is 20.1. The molecule has 1 aromatic carbocycles. The van der Waals surface area contributed by atoms with E-state index in [1.54, 1.807) is 0 Å². The molecule has 156 valence electrons. The predicted octanol–water partition coefficient (Wildman–Crippen LogP) is 2.08. The fourth-order valence-corrected chi connectivity index (χ4v) is 4.74. The highest BCUT2D eigenvalue weighted by Crippen LogP contribution is 2.44. The molecule has 2 amide bonds. The van der Waals surface area contributed by atoms with Crippen molar-refractivity contribution in [1.29, 1.82) is 0 Å². The van der Waals surface area contributed by atoms with Gasteiger partial charge in [-0.15, -0.1) is 0 Å². The number of carbonyl (C=O) groups is 2. The van der Waals surface area contributed by atoms with E-state index < -0.39 is 0 Å². The molecule has 4 rings (SSSR count). The van der Waals surface area contributed by atoms with Crippen LogP contribution in [-0.2, 0) is 14.3 Å². The summed E-state index contributed by atoms with van der Waals surface area (Å²) in [6.45, 7) is 0.300. The summed E-state index contributed by atoms with van der Waals surface area (Å²) in [6, 6.07) is 8.15. The van der Waals surface area contributed by atoms with Crippen LogP contribution in [0.3, 0.4) is 0 Å². The van der Waals surface area contributed by atoms with E-state index in [9.17, 15) is 14.7 Å². The molecule has 1 aliphatic heterocycles. The topological polar surface area (TPSA) is 78.9 Å². The number of benzene rings is 1. The Morgan fingerprint density at radius 3 is 2.55 bits per heavy atom. The van der Waals surface area contributed by atoms with Gasteiger partial charge in [-0.05, 0) is 48.8 Å². The van der Waals surface area contributed by atoms with Gasteiger partial charge in [0, 0.05) is 25.5 Å². The molecule has 2 aliphatic carbocycles. The molecule has 1 aromatic rings. The second-order valence-corrected chi connectivity index (χ2v) is 8.34. The lowest BCUT2D eigenvalue weighted by Gasteiger charge is -2.55. The number of amides is 2. The molecule has 2 N–H and O–H groups in total. The second kappa shape index (κ2) is 8.67. The summed E-state index contributed by atoms with van der Waals surface area (Å²) < 4.78 is 4.89. The van der Waals surface area contributed by atoms with Gasteiger partial charge in [-0.1, -0.05) is 30.3 Å². The van der Waals surface area contributed by atoms with Crippen LogP contribution in [-0.4, -0.2) is 60.8 Å². The van der Waals surface area contributed by atoms with Crippen molar-refractivity contribution in [3.63, 3.8) is 0 Å². The van der Waals surface area contributed by atoms with E-state index in [1.165, 1.54) is 24.7 Å². The summed E-state index contributed by atoms with van der Waals surface area (Å²) in [5.74, 6) is 0.0102. The van der Waals surface area contributed by atoms with Gasteiger partial charge in [-0.25, -0.2) is 0 Å². The van der Waals surface area contributed by atoms with E-state index in [4.69, 9.17) is 4.74 Å². The minimum atomic E-state index is -0.232. The van der Waals surface area contributed by atoms with Crippen LogP contribution in [0.1, 0.15) is 49.1 Å². The molecule has 1 saturated carbocycles. The number of nitrogens with zero attached hydrogens (tertiary/aromatic N) is 1. The van der Waals surface area contributed by atoms with Crippen LogP contribution in [0, 0.1) is 5.92 Å². The van der Waals surface area contributed by atoms with E-state index in [2.05, 4.69) is 35.7 Å². The summed E-state index contributed by atoms with van der Waals surface area (Å²) in [4.78, 5) is 26.5. The van der Waals surface area contributed by atoms with Gasteiger partial charge in [0.15, 0.2) is 0 Å². The number of carbonyl (C=O) groups excluding carboxylic acids is 2. The van der Waals surface area contributed by atoms with Crippen LogP contribution in [0.15, 0.2) is 30.3 Å². The van der Waals surface area contributed by atoms with E-state index in [0.717, 1.165) is 31.2 Å². The maximum absolute atomic E-state index is 12.8. The lowest BCUT2D eigenvalue weighted by atomic mass is 9.74. The minimum absolute atomic E-state index is 0.00119. The van der Waals surface area contributed by atoms with Crippen LogP contribution in [0.4, 0.5) is 0 Å². The fraction of sp³-hybridized carbons (Fsp3) is 0.565. The molecule has 6 nitrogen and oxygen atoms in total. The summed E-state index contributed by atoms with van der Waals surface area (Å²) in [5, 5.41) is 12.9.